The third-order valence-corrected chi connectivity index (χ3v) is 5.35. The zero-order valence-electron chi connectivity index (χ0n) is 15.8. The summed E-state index contributed by atoms with van der Waals surface area (Å²) in [5.41, 5.74) is 9.40. The van der Waals surface area contributed by atoms with Gasteiger partial charge < -0.3 is 10.6 Å². The minimum Gasteiger partial charge on any atom is -0.397 e. The van der Waals surface area contributed by atoms with Gasteiger partial charge in [0.2, 0.25) is 11.8 Å². The lowest BCUT2D eigenvalue weighted by molar-refractivity contribution is -0.136. The van der Waals surface area contributed by atoms with Crippen molar-refractivity contribution in [1.82, 2.24) is 30.2 Å². The molecule has 0 radical (unpaired) electrons. The maximum atomic E-state index is 13.0. The fourth-order valence-electron chi connectivity index (χ4n) is 3.84. The Kier molecular flexibility index (Phi) is 4.05. The van der Waals surface area contributed by atoms with E-state index in [-0.39, 0.29) is 24.8 Å². The van der Waals surface area contributed by atoms with Crippen LogP contribution < -0.4 is 11.1 Å². The molecule has 2 aliphatic rings. The standard InChI is InChI=1S/C20H17N7O3/c21-11-4-5-14(22-8-11)15-10-27(25-24-15)16-3-1-2-12-13(16)9-26(20(12)30)17-6-7-18(28)23-19(17)29/h1-5,8,10,17H,6-7,9,21H2,(H,23,28,29). The van der Waals surface area contributed by atoms with Crippen LogP contribution in [0.5, 0.6) is 0 Å². The smallest absolute Gasteiger partial charge is 0.255 e. The molecule has 1 aromatic carbocycles. The van der Waals surface area contributed by atoms with E-state index in [1.807, 2.05) is 6.07 Å². The number of nitrogens with two attached hydrogens (primary N) is 1. The van der Waals surface area contributed by atoms with E-state index in [1.165, 1.54) is 4.90 Å². The van der Waals surface area contributed by atoms with Crippen molar-refractivity contribution in [2.24, 2.45) is 0 Å². The van der Waals surface area contributed by atoms with Gasteiger partial charge in [0.25, 0.3) is 5.91 Å². The third kappa shape index (κ3) is 2.89. The molecule has 1 atom stereocenters. The Morgan fingerprint density at radius 1 is 1.10 bits per heavy atom. The van der Waals surface area contributed by atoms with Crippen molar-refractivity contribution in [2.45, 2.75) is 25.4 Å². The predicted octanol–water partition coefficient (Wildman–Crippen LogP) is 0.672. The number of fused-ring (bicyclic) bond motifs is 1. The van der Waals surface area contributed by atoms with Gasteiger partial charge in [-0.25, -0.2) is 4.68 Å². The molecular formula is C20H17N7O3. The van der Waals surface area contributed by atoms with Gasteiger partial charge in [-0.15, -0.1) is 5.10 Å². The van der Waals surface area contributed by atoms with Crippen LogP contribution in [0.3, 0.4) is 0 Å². The molecule has 3 N–H and O–H groups in total. The minimum atomic E-state index is -0.666. The summed E-state index contributed by atoms with van der Waals surface area (Å²) in [5, 5.41) is 10.7. The molecule has 0 bridgehead atoms. The first-order valence-electron chi connectivity index (χ1n) is 9.42. The number of rotatable bonds is 3. The number of benzene rings is 1. The topological polar surface area (TPSA) is 136 Å². The molecule has 0 saturated carbocycles. The summed E-state index contributed by atoms with van der Waals surface area (Å²) in [5.74, 6) is -0.985. The van der Waals surface area contributed by atoms with Crippen molar-refractivity contribution in [3.63, 3.8) is 0 Å². The number of anilines is 1. The highest BCUT2D eigenvalue weighted by Crippen LogP contribution is 2.31. The second-order valence-electron chi connectivity index (χ2n) is 7.23. The average molecular weight is 403 g/mol. The Hall–Kier alpha value is -4.08. The van der Waals surface area contributed by atoms with Gasteiger partial charge in [0, 0.05) is 24.1 Å². The highest BCUT2D eigenvalue weighted by atomic mass is 16.2. The highest BCUT2D eigenvalue weighted by Gasteiger charge is 2.40. The summed E-state index contributed by atoms with van der Waals surface area (Å²) in [6.07, 6.45) is 3.80. The van der Waals surface area contributed by atoms with Crippen molar-refractivity contribution in [2.75, 3.05) is 5.73 Å². The molecule has 1 unspecified atom stereocenters. The van der Waals surface area contributed by atoms with Crippen molar-refractivity contribution in [3.8, 4) is 17.1 Å². The number of nitrogen functional groups attached to an aromatic ring is 1. The second kappa shape index (κ2) is 6.76. The fourth-order valence-corrected chi connectivity index (χ4v) is 3.84. The van der Waals surface area contributed by atoms with Crippen LogP contribution in [0.4, 0.5) is 5.69 Å². The quantitative estimate of drug-likeness (QED) is 0.614. The van der Waals surface area contributed by atoms with Crippen LogP contribution in [-0.2, 0) is 16.1 Å². The second-order valence-corrected chi connectivity index (χ2v) is 7.23. The van der Waals surface area contributed by atoms with Gasteiger partial charge in [0.15, 0.2) is 0 Å². The average Bonchev–Trinajstić information content (AvgIpc) is 3.34. The summed E-state index contributed by atoms with van der Waals surface area (Å²) < 4.78 is 1.59. The number of amides is 3. The van der Waals surface area contributed by atoms with Crippen LogP contribution in [0.25, 0.3) is 17.1 Å². The van der Waals surface area contributed by atoms with Crippen LogP contribution in [0.1, 0.15) is 28.8 Å². The van der Waals surface area contributed by atoms with Gasteiger partial charge >= 0.3 is 0 Å². The van der Waals surface area contributed by atoms with Gasteiger partial charge in [-0.3, -0.25) is 24.7 Å². The summed E-state index contributed by atoms with van der Waals surface area (Å²) in [6, 6.07) is 8.16. The van der Waals surface area contributed by atoms with E-state index < -0.39 is 11.9 Å². The number of hydrogen-bond donors (Lipinski definition) is 2. The van der Waals surface area contributed by atoms with E-state index in [1.54, 1.807) is 41.3 Å². The lowest BCUT2D eigenvalue weighted by atomic mass is 10.0. The Bertz CT molecular complexity index is 1190. The lowest BCUT2D eigenvalue weighted by Gasteiger charge is -2.29. The van der Waals surface area contributed by atoms with Gasteiger partial charge in [-0.05, 0) is 30.7 Å². The molecule has 0 spiro atoms. The van der Waals surface area contributed by atoms with Crippen LogP contribution in [0.15, 0.2) is 42.7 Å². The minimum absolute atomic E-state index is 0.213. The molecule has 30 heavy (non-hydrogen) atoms. The normalized spacial score (nSPS) is 18.5. The van der Waals surface area contributed by atoms with E-state index >= 15 is 0 Å². The first-order valence-corrected chi connectivity index (χ1v) is 9.42. The number of aromatic nitrogens is 4. The van der Waals surface area contributed by atoms with E-state index in [9.17, 15) is 14.4 Å². The van der Waals surface area contributed by atoms with E-state index in [0.29, 0.717) is 34.7 Å². The zero-order valence-corrected chi connectivity index (χ0v) is 15.8. The molecular weight excluding hydrogens is 386 g/mol. The van der Waals surface area contributed by atoms with E-state index in [0.717, 1.165) is 5.56 Å². The van der Waals surface area contributed by atoms with Crippen molar-refractivity contribution >= 4 is 23.4 Å². The SMILES string of the molecule is Nc1ccc(-c2cn(-c3cccc4c3CN(C3CCC(=O)NC3=O)C4=O)nn2)nc1. The van der Waals surface area contributed by atoms with E-state index in [4.69, 9.17) is 5.73 Å². The number of imide groups is 1. The van der Waals surface area contributed by atoms with Crippen LogP contribution in [0, 0.1) is 0 Å². The molecule has 2 aromatic heterocycles. The molecule has 3 aromatic rings. The Morgan fingerprint density at radius 3 is 2.73 bits per heavy atom. The monoisotopic (exact) mass is 403 g/mol. The molecule has 1 saturated heterocycles. The number of carbonyl (C=O) groups is 3. The zero-order chi connectivity index (χ0) is 20.8. The van der Waals surface area contributed by atoms with Crippen LogP contribution in [0.2, 0.25) is 0 Å². The number of pyridine rings is 1. The number of hydrogen-bond acceptors (Lipinski definition) is 7. The maximum Gasteiger partial charge on any atom is 0.255 e. The molecule has 4 heterocycles. The highest BCUT2D eigenvalue weighted by molar-refractivity contribution is 6.05. The molecule has 3 amide bonds. The number of nitrogens with one attached hydrogen (secondary N) is 1. The van der Waals surface area contributed by atoms with Crippen LogP contribution >= 0.6 is 0 Å². The Labute approximate surface area is 170 Å². The molecule has 5 rings (SSSR count). The van der Waals surface area contributed by atoms with E-state index in [2.05, 4.69) is 20.6 Å². The fraction of sp³-hybridized carbons (Fsp3) is 0.200. The van der Waals surface area contributed by atoms with Gasteiger partial charge in [-0.2, -0.15) is 0 Å². The summed E-state index contributed by atoms with van der Waals surface area (Å²) in [6.45, 7) is 0.256. The lowest BCUT2D eigenvalue weighted by Crippen LogP contribution is -2.52. The van der Waals surface area contributed by atoms with Crippen molar-refractivity contribution < 1.29 is 14.4 Å². The molecule has 10 heteroatoms. The molecule has 150 valence electrons. The van der Waals surface area contributed by atoms with Gasteiger partial charge in [0.05, 0.1) is 29.5 Å². The van der Waals surface area contributed by atoms with Crippen LogP contribution in [-0.4, -0.2) is 48.6 Å². The molecule has 1 fully saturated rings. The van der Waals surface area contributed by atoms with Crippen molar-refractivity contribution in [3.05, 3.63) is 53.9 Å². The van der Waals surface area contributed by atoms with Gasteiger partial charge in [-0.1, -0.05) is 11.3 Å². The largest absolute Gasteiger partial charge is 0.397 e. The number of nitrogens with zero attached hydrogens (tertiary/aromatic N) is 5. The summed E-state index contributed by atoms with van der Waals surface area (Å²) in [7, 11) is 0. The molecule has 2 aliphatic heterocycles. The Morgan fingerprint density at radius 2 is 1.97 bits per heavy atom. The summed E-state index contributed by atoms with van der Waals surface area (Å²) >= 11 is 0. The predicted molar refractivity (Wildman–Crippen MR) is 105 cm³/mol. The Balaban J connectivity index is 1.47. The third-order valence-electron chi connectivity index (χ3n) is 5.35. The number of carbonyl (C=O) groups excluding carboxylic acids is 3. The maximum absolute atomic E-state index is 13.0. The first-order chi connectivity index (χ1) is 14.5. The summed E-state index contributed by atoms with van der Waals surface area (Å²) in [4.78, 5) is 42.4. The van der Waals surface area contributed by atoms with Gasteiger partial charge in [0.1, 0.15) is 11.7 Å². The first kappa shape index (κ1) is 18.0. The molecule has 0 aliphatic carbocycles. The molecule has 10 nitrogen and oxygen atoms in total. The van der Waals surface area contributed by atoms with Crippen molar-refractivity contribution in [1.29, 1.82) is 0 Å². The number of piperidine rings is 1.